The Morgan fingerprint density at radius 3 is 2.75 bits per heavy atom. The molecule has 3 rings (SSSR count). The van der Waals surface area contributed by atoms with Crippen LogP contribution in [-0.2, 0) is 6.54 Å². The van der Waals surface area contributed by atoms with E-state index < -0.39 is 0 Å². The van der Waals surface area contributed by atoms with Gasteiger partial charge in [0, 0.05) is 13.1 Å². The third-order valence-electron chi connectivity index (χ3n) is 5.33. The molecule has 1 aromatic carbocycles. The summed E-state index contributed by atoms with van der Waals surface area (Å²) in [5, 5.41) is 4.13. The second-order valence-corrected chi connectivity index (χ2v) is 7.58. The van der Waals surface area contributed by atoms with Gasteiger partial charge in [0.15, 0.2) is 11.5 Å². The first kappa shape index (κ1) is 17.8. The van der Waals surface area contributed by atoms with Crippen LogP contribution in [0.15, 0.2) is 12.1 Å². The quantitative estimate of drug-likeness (QED) is 0.846. The van der Waals surface area contributed by atoms with E-state index in [-0.39, 0.29) is 0 Å². The fourth-order valence-corrected chi connectivity index (χ4v) is 4.28. The first-order valence-corrected chi connectivity index (χ1v) is 9.46. The molecule has 24 heavy (non-hydrogen) atoms. The van der Waals surface area contributed by atoms with Crippen LogP contribution in [0.1, 0.15) is 38.2 Å². The molecule has 0 saturated carbocycles. The average Bonchev–Trinajstić information content (AvgIpc) is 2.96. The van der Waals surface area contributed by atoms with Crippen LogP contribution in [0.5, 0.6) is 11.5 Å². The van der Waals surface area contributed by atoms with Crippen LogP contribution >= 0.6 is 11.6 Å². The van der Waals surface area contributed by atoms with Crippen LogP contribution in [0.3, 0.4) is 0 Å². The number of rotatable bonds is 6. The number of likely N-dealkylation sites (tertiary alicyclic amines) is 1. The van der Waals surface area contributed by atoms with Crippen LogP contribution < -0.4 is 14.8 Å². The van der Waals surface area contributed by atoms with Gasteiger partial charge < -0.3 is 14.8 Å². The highest BCUT2D eigenvalue weighted by Crippen LogP contribution is 2.40. The molecular formula is C19H29ClN2O2. The second kappa shape index (κ2) is 7.94. The second-order valence-electron chi connectivity index (χ2n) is 7.17. The van der Waals surface area contributed by atoms with Gasteiger partial charge in [-0.15, -0.1) is 0 Å². The number of nitrogens with zero attached hydrogens (tertiary/aromatic N) is 1. The Kier molecular flexibility index (Phi) is 5.90. The monoisotopic (exact) mass is 352 g/mol. The SMILES string of the molecule is CCCOc1c(Cl)cc(CN2CCC3(CCNCC3)C2)cc1OC. The molecular weight excluding hydrogens is 324 g/mol. The van der Waals surface area contributed by atoms with Crippen molar-refractivity contribution in [2.45, 2.75) is 39.2 Å². The molecule has 0 radical (unpaired) electrons. The number of hydrogen-bond donors (Lipinski definition) is 1. The molecule has 134 valence electrons. The summed E-state index contributed by atoms with van der Waals surface area (Å²) in [6.45, 7) is 8.36. The maximum Gasteiger partial charge on any atom is 0.179 e. The van der Waals surface area contributed by atoms with Gasteiger partial charge in [-0.1, -0.05) is 18.5 Å². The average molecular weight is 353 g/mol. The van der Waals surface area contributed by atoms with Crippen molar-refractivity contribution in [1.82, 2.24) is 10.2 Å². The molecule has 0 amide bonds. The third-order valence-corrected chi connectivity index (χ3v) is 5.61. The molecule has 2 aliphatic heterocycles. The summed E-state index contributed by atoms with van der Waals surface area (Å²) >= 11 is 6.44. The summed E-state index contributed by atoms with van der Waals surface area (Å²) in [7, 11) is 1.67. The number of nitrogens with one attached hydrogen (secondary N) is 1. The normalized spacial score (nSPS) is 20.5. The molecule has 1 spiro atoms. The Labute approximate surface area is 150 Å². The fraction of sp³-hybridized carbons (Fsp3) is 0.684. The lowest BCUT2D eigenvalue weighted by molar-refractivity contribution is 0.194. The molecule has 2 fully saturated rings. The van der Waals surface area contributed by atoms with Crippen LogP contribution in [-0.4, -0.2) is 44.8 Å². The molecule has 0 aliphatic carbocycles. The van der Waals surface area contributed by atoms with Crippen molar-refractivity contribution in [1.29, 1.82) is 0 Å². The zero-order chi connectivity index (χ0) is 17.0. The first-order valence-electron chi connectivity index (χ1n) is 9.08. The van der Waals surface area contributed by atoms with E-state index in [1.165, 1.54) is 37.9 Å². The van der Waals surface area contributed by atoms with Crippen molar-refractivity contribution < 1.29 is 9.47 Å². The zero-order valence-corrected chi connectivity index (χ0v) is 15.6. The lowest BCUT2D eigenvalue weighted by Gasteiger charge is -2.34. The topological polar surface area (TPSA) is 33.7 Å². The first-order chi connectivity index (χ1) is 11.7. The number of halogens is 1. The minimum absolute atomic E-state index is 0.531. The van der Waals surface area contributed by atoms with Gasteiger partial charge >= 0.3 is 0 Å². The predicted octanol–water partition coefficient (Wildman–Crippen LogP) is 3.71. The zero-order valence-electron chi connectivity index (χ0n) is 14.9. The smallest absolute Gasteiger partial charge is 0.179 e. The Morgan fingerprint density at radius 2 is 2.04 bits per heavy atom. The van der Waals surface area contributed by atoms with E-state index in [9.17, 15) is 0 Å². The van der Waals surface area contributed by atoms with Crippen molar-refractivity contribution in [3.05, 3.63) is 22.7 Å². The van der Waals surface area contributed by atoms with E-state index in [4.69, 9.17) is 21.1 Å². The largest absolute Gasteiger partial charge is 0.493 e. The van der Waals surface area contributed by atoms with Crippen molar-refractivity contribution in [2.75, 3.05) is 39.9 Å². The van der Waals surface area contributed by atoms with Crippen LogP contribution in [0, 0.1) is 5.41 Å². The van der Waals surface area contributed by atoms with Crippen molar-refractivity contribution in [3.8, 4) is 11.5 Å². The fourth-order valence-electron chi connectivity index (χ4n) is 3.99. The summed E-state index contributed by atoms with van der Waals surface area (Å²) < 4.78 is 11.2. The Hall–Kier alpha value is -0.970. The van der Waals surface area contributed by atoms with Gasteiger partial charge in [-0.2, -0.15) is 0 Å². The summed E-state index contributed by atoms with van der Waals surface area (Å²) in [4.78, 5) is 2.56. The van der Waals surface area contributed by atoms with Crippen molar-refractivity contribution in [2.24, 2.45) is 5.41 Å². The minimum Gasteiger partial charge on any atom is -0.493 e. The maximum absolute atomic E-state index is 6.44. The van der Waals surface area contributed by atoms with E-state index in [1.54, 1.807) is 7.11 Å². The molecule has 0 bridgehead atoms. The van der Waals surface area contributed by atoms with Crippen molar-refractivity contribution >= 4 is 11.6 Å². The number of benzene rings is 1. The number of methoxy groups -OCH3 is 1. The summed E-state index contributed by atoms with van der Waals surface area (Å²) in [5.74, 6) is 1.41. The molecule has 2 saturated heterocycles. The van der Waals surface area contributed by atoms with Gasteiger partial charge in [0.2, 0.25) is 0 Å². The van der Waals surface area contributed by atoms with Gasteiger partial charge in [0.1, 0.15) is 0 Å². The minimum atomic E-state index is 0.531. The van der Waals surface area contributed by atoms with Gasteiger partial charge in [-0.05, 0) is 68.4 Å². The lowest BCUT2D eigenvalue weighted by Crippen LogP contribution is -2.38. The van der Waals surface area contributed by atoms with E-state index >= 15 is 0 Å². The molecule has 0 aromatic heterocycles. The summed E-state index contributed by atoms with van der Waals surface area (Å²) in [6.07, 6.45) is 4.87. The van der Waals surface area contributed by atoms with E-state index in [1.807, 2.05) is 6.07 Å². The van der Waals surface area contributed by atoms with E-state index in [0.717, 1.165) is 31.8 Å². The molecule has 0 atom stereocenters. The Morgan fingerprint density at radius 1 is 1.25 bits per heavy atom. The van der Waals surface area contributed by atoms with Crippen LogP contribution in [0.4, 0.5) is 0 Å². The number of ether oxygens (including phenoxy) is 2. The molecule has 5 heteroatoms. The molecule has 0 unspecified atom stereocenters. The van der Waals surface area contributed by atoms with Crippen molar-refractivity contribution in [3.63, 3.8) is 0 Å². The maximum atomic E-state index is 6.44. The highest BCUT2D eigenvalue weighted by molar-refractivity contribution is 6.32. The van der Waals surface area contributed by atoms with E-state index in [2.05, 4.69) is 23.2 Å². The number of piperidine rings is 1. The summed E-state index contributed by atoms with van der Waals surface area (Å²) in [6, 6.07) is 4.10. The molecule has 2 heterocycles. The van der Waals surface area contributed by atoms with Gasteiger partial charge in [0.25, 0.3) is 0 Å². The highest BCUT2D eigenvalue weighted by atomic mass is 35.5. The molecule has 4 nitrogen and oxygen atoms in total. The molecule has 1 aromatic rings. The Bertz CT molecular complexity index is 559. The van der Waals surface area contributed by atoms with Gasteiger partial charge in [0.05, 0.1) is 18.7 Å². The van der Waals surface area contributed by atoms with Gasteiger partial charge in [-0.3, -0.25) is 4.90 Å². The number of hydrogen-bond acceptors (Lipinski definition) is 4. The highest BCUT2D eigenvalue weighted by Gasteiger charge is 2.38. The predicted molar refractivity (Wildman–Crippen MR) is 98.2 cm³/mol. The molecule has 1 N–H and O–H groups in total. The lowest BCUT2D eigenvalue weighted by atomic mass is 9.78. The van der Waals surface area contributed by atoms with Crippen LogP contribution in [0.25, 0.3) is 0 Å². The summed E-state index contributed by atoms with van der Waals surface area (Å²) in [5.41, 5.74) is 1.73. The molecule has 2 aliphatic rings. The van der Waals surface area contributed by atoms with Gasteiger partial charge in [-0.25, -0.2) is 0 Å². The standard InChI is InChI=1S/C19H29ClN2O2/c1-3-10-24-18-16(20)11-15(12-17(18)23-2)13-22-9-6-19(14-22)4-7-21-8-5-19/h11-12,21H,3-10,13-14H2,1-2H3. The van der Waals surface area contributed by atoms with Crippen LogP contribution in [0.2, 0.25) is 5.02 Å². The van der Waals surface area contributed by atoms with E-state index in [0.29, 0.717) is 22.8 Å². The Balaban J connectivity index is 1.68. The third kappa shape index (κ3) is 3.98.